The Labute approximate surface area is 221 Å². The number of hydrogen-bond donors (Lipinski definition) is 1. The quantitative estimate of drug-likeness (QED) is 0.315. The molecule has 0 unspecified atom stereocenters. The highest BCUT2D eigenvalue weighted by atomic mass is 16.5. The molecular formula is C27H34N4O7. The SMILES string of the molecule is COCCOc1ccc(-c2nnc(CCC(=O)N(C)CCc3ccc(OC)c(OC)c3)c(=O)[nH]2)cc1OC. The van der Waals surface area contributed by atoms with E-state index in [-0.39, 0.29) is 24.4 Å². The Balaban J connectivity index is 1.57. The zero-order valence-corrected chi connectivity index (χ0v) is 22.4. The highest BCUT2D eigenvalue weighted by Crippen LogP contribution is 2.31. The molecule has 0 bridgehead atoms. The van der Waals surface area contributed by atoms with Gasteiger partial charge in [0.15, 0.2) is 28.8 Å². The fourth-order valence-corrected chi connectivity index (χ4v) is 3.70. The Morgan fingerprint density at radius 3 is 2.26 bits per heavy atom. The lowest BCUT2D eigenvalue weighted by Crippen LogP contribution is -2.30. The van der Waals surface area contributed by atoms with Crippen LogP contribution in [0.2, 0.25) is 0 Å². The van der Waals surface area contributed by atoms with E-state index in [9.17, 15) is 9.59 Å². The number of aromatic amines is 1. The molecule has 0 atom stereocenters. The fourth-order valence-electron chi connectivity index (χ4n) is 3.70. The van der Waals surface area contributed by atoms with E-state index in [0.717, 1.165) is 5.56 Å². The third-order valence-corrected chi connectivity index (χ3v) is 5.93. The second kappa shape index (κ2) is 14.0. The Kier molecular flexibility index (Phi) is 10.5. The van der Waals surface area contributed by atoms with Crippen molar-refractivity contribution in [1.82, 2.24) is 20.1 Å². The van der Waals surface area contributed by atoms with Crippen molar-refractivity contribution in [2.24, 2.45) is 0 Å². The molecule has 0 saturated heterocycles. The molecule has 0 saturated carbocycles. The first-order chi connectivity index (χ1) is 18.4. The third-order valence-electron chi connectivity index (χ3n) is 5.93. The van der Waals surface area contributed by atoms with Gasteiger partial charge in [0.05, 0.1) is 27.9 Å². The molecule has 2 aromatic carbocycles. The molecule has 1 heterocycles. The van der Waals surface area contributed by atoms with Crippen LogP contribution in [0.1, 0.15) is 17.7 Å². The number of rotatable bonds is 14. The van der Waals surface area contributed by atoms with Crippen LogP contribution in [0, 0.1) is 0 Å². The lowest BCUT2D eigenvalue weighted by Gasteiger charge is -2.17. The number of nitrogens with zero attached hydrogens (tertiary/aromatic N) is 3. The van der Waals surface area contributed by atoms with E-state index in [1.54, 1.807) is 51.5 Å². The average Bonchev–Trinajstić information content (AvgIpc) is 2.94. The summed E-state index contributed by atoms with van der Waals surface area (Å²) in [6, 6.07) is 10.9. The van der Waals surface area contributed by atoms with Crippen molar-refractivity contribution in [2.75, 3.05) is 55.2 Å². The minimum absolute atomic E-state index is 0.0930. The van der Waals surface area contributed by atoms with E-state index < -0.39 is 5.56 Å². The number of benzene rings is 2. The average molecular weight is 527 g/mol. The summed E-state index contributed by atoms with van der Waals surface area (Å²) in [4.78, 5) is 29.7. The summed E-state index contributed by atoms with van der Waals surface area (Å²) in [5.74, 6) is 2.54. The third kappa shape index (κ3) is 7.45. The van der Waals surface area contributed by atoms with Crippen LogP contribution in [-0.2, 0) is 22.4 Å². The maximum Gasteiger partial charge on any atom is 0.273 e. The second-order valence-electron chi connectivity index (χ2n) is 8.41. The predicted molar refractivity (Wildman–Crippen MR) is 141 cm³/mol. The summed E-state index contributed by atoms with van der Waals surface area (Å²) >= 11 is 0. The summed E-state index contributed by atoms with van der Waals surface area (Å²) in [6.45, 7) is 1.34. The van der Waals surface area contributed by atoms with Gasteiger partial charge in [-0.25, -0.2) is 0 Å². The van der Waals surface area contributed by atoms with Crippen LogP contribution >= 0.6 is 0 Å². The van der Waals surface area contributed by atoms with Crippen molar-refractivity contribution in [3.05, 3.63) is 58.0 Å². The number of H-pyrrole nitrogens is 1. The number of nitrogens with one attached hydrogen (secondary N) is 1. The molecule has 1 N–H and O–H groups in total. The molecule has 0 aliphatic carbocycles. The molecule has 1 aromatic heterocycles. The molecule has 1 amide bonds. The first-order valence-corrected chi connectivity index (χ1v) is 12.1. The molecule has 0 radical (unpaired) electrons. The van der Waals surface area contributed by atoms with Crippen molar-refractivity contribution in [3.63, 3.8) is 0 Å². The van der Waals surface area contributed by atoms with Gasteiger partial charge in [0, 0.05) is 39.1 Å². The summed E-state index contributed by atoms with van der Waals surface area (Å²) in [6.07, 6.45) is 0.968. The van der Waals surface area contributed by atoms with Crippen LogP contribution in [0.15, 0.2) is 41.2 Å². The van der Waals surface area contributed by atoms with E-state index >= 15 is 0 Å². The van der Waals surface area contributed by atoms with E-state index in [2.05, 4.69) is 15.2 Å². The maximum absolute atomic E-state index is 12.6. The molecule has 38 heavy (non-hydrogen) atoms. The molecule has 11 nitrogen and oxygen atoms in total. The highest BCUT2D eigenvalue weighted by molar-refractivity contribution is 5.76. The number of amides is 1. The van der Waals surface area contributed by atoms with Gasteiger partial charge < -0.3 is 33.6 Å². The normalized spacial score (nSPS) is 10.7. The monoisotopic (exact) mass is 526 g/mol. The minimum atomic E-state index is -0.393. The van der Waals surface area contributed by atoms with E-state index in [0.29, 0.717) is 60.6 Å². The van der Waals surface area contributed by atoms with Gasteiger partial charge in [-0.15, -0.1) is 10.2 Å². The molecule has 3 aromatic rings. The van der Waals surface area contributed by atoms with Gasteiger partial charge in [-0.05, 0) is 42.3 Å². The zero-order chi connectivity index (χ0) is 27.5. The van der Waals surface area contributed by atoms with Crippen LogP contribution in [0.3, 0.4) is 0 Å². The molecule has 0 spiro atoms. The summed E-state index contributed by atoms with van der Waals surface area (Å²) in [7, 11) is 8.03. The van der Waals surface area contributed by atoms with Gasteiger partial charge >= 0.3 is 0 Å². The van der Waals surface area contributed by atoms with Crippen LogP contribution < -0.4 is 24.5 Å². The van der Waals surface area contributed by atoms with Gasteiger partial charge in [-0.1, -0.05) is 6.07 Å². The van der Waals surface area contributed by atoms with E-state index in [4.69, 9.17) is 23.7 Å². The van der Waals surface area contributed by atoms with Gasteiger partial charge in [-0.2, -0.15) is 0 Å². The van der Waals surface area contributed by atoms with E-state index in [1.165, 1.54) is 7.11 Å². The highest BCUT2D eigenvalue weighted by Gasteiger charge is 2.14. The summed E-state index contributed by atoms with van der Waals surface area (Å²) < 4.78 is 26.6. The number of likely N-dealkylation sites (N-methyl/N-ethyl adjacent to an activating group) is 1. The molecule has 0 fully saturated rings. The Bertz CT molecular complexity index is 1280. The number of hydrogen-bond acceptors (Lipinski definition) is 9. The van der Waals surface area contributed by atoms with Gasteiger partial charge in [0.1, 0.15) is 12.3 Å². The number of methoxy groups -OCH3 is 4. The second-order valence-corrected chi connectivity index (χ2v) is 8.41. The molecule has 0 aliphatic rings. The van der Waals surface area contributed by atoms with Crippen LogP contribution in [0.5, 0.6) is 23.0 Å². The minimum Gasteiger partial charge on any atom is -0.493 e. The fraction of sp³-hybridized carbons (Fsp3) is 0.407. The summed E-state index contributed by atoms with van der Waals surface area (Å²) in [5, 5.41) is 8.23. The number of aryl methyl sites for hydroxylation is 1. The molecular weight excluding hydrogens is 492 g/mol. The molecule has 0 aliphatic heterocycles. The number of aromatic nitrogens is 3. The Morgan fingerprint density at radius 2 is 1.58 bits per heavy atom. The topological polar surface area (TPSA) is 125 Å². The lowest BCUT2D eigenvalue weighted by molar-refractivity contribution is -0.129. The van der Waals surface area contributed by atoms with Crippen LogP contribution in [-0.4, -0.2) is 81.2 Å². The molecule has 3 rings (SSSR count). The van der Waals surface area contributed by atoms with Gasteiger partial charge in [0.2, 0.25) is 5.91 Å². The van der Waals surface area contributed by atoms with Crippen molar-refractivity contribution < 1.29 is 28.5 Å². The zero-order valence-electron chi connectivity index (χ0n) is 22.4. The summed E-state index contributed by atoms with van der Waals surface area (Å²) in [5.41, 5.74) is 1.44. The lowest BCUT2D eigenvalue weighted by atomic mass is 10.1. The maximum atomic E-state index is 12.6. The number of carbonyl (C=O) groups is 1. The standard InChI is InChI=1S/C27H34N4O7/c1-31(13-12-18-6-9-21(35-3)23(16-18)36-4)25(32)11-8-20-27(33)28-26(30-29-20)19-7-10-22(24(17-19)37-5)38-15-14-34-2/h6-7,9-10,16-17H,8,11-15H2,1-5H3,(H,28,30,33). The number of ether oxygens (including phenoxy) is 5. The number of carbonyl (C=O) groups excluding carboxylic acids is 1. The van der Waals surface area contributed by atoms with E-state index in [1.807, 2.05) is 18.2 Å². The van der Waals surface area contributed by atoms with Crippen LogP contribution in [0.4, 0.5) is 0 Å². The first kappa shape index (κ1) is 28.5. The van der Waals surface area contributed by atoms with Gasteiger partial charge in [0.25, 0.3) is 5.56 Å². The smallest absolute Gasteiger partial charge is 0.273 e. The molecule has 204 valence electrons. The largest absolute Gasteiger partial charge is 0.493 e. The van der Waals surface area contributed by atoms with Gasteiger partial charge in [-0.3, -0.25) is 9.59 Å². The van der Waals surface area contributed by atoms with Crippen molar-refractivity contribution >= 4 is 5.91 Å². The van der Waals surface area contributed by atoms with Crippen molar-refractivity contribution in [3.8, 4) is 34.4 Å². The Morgan fingerprint density at radius 1 is 0.868 bits per heavy atom. The predicted octanol–water partition coefficient (Wildman–Crippen LogP) is 2.52. The first-order valence-electron chi connectivity index (χ1n) is 12.1. The van der Waals surface area contributed by atoms with Crippen molar-refractivity contribution in [1.29, 1.82) is 0 Å². The Hall–Kier alpha value is -4.12. The van der Waals surface area contributed by atoms with Crippen LogP contribution in [0.25, 0.3) is 11.4 Å². The molecule has 11 heteroatoms. The van der Waals surface area contributed by atoms with Crippen molar-refractivity contribution in [2.45, 2.75) is 19.3 Å².